The number of carbonyl (C=O) groups excluding carboxylic acids is 2. The number of aromatic nitrogens is 2. The van der Waals surface area contributed by atoms with Crippen molar-refractivity contribution in [3.8, 4) is 33.9 Å². The number of rotatable bonds is 9. The number of nitrogens with two attached hydrogens (primary N) is 1. The van der Waals surface area contributed by atoms with E-state index in [4.69, 9.17) is 15.2 Å². The molecular weight excluding hydrogens is 563 g/mol. The number of aliphatic hydroxyl groups is 1. The Labute approximate surface area is 254 Å². The summed E-state index contributed by atoms with van der Waals surface area (Å²) >= 11 is 0. The number of aryl methyl sites for hydroxylation is 1. The van der Waals surface area contributed by atoms with E-state index in [1.165, 1.54) is 19.1 Å². The predicted molar refractivity (Wildman–Crippen MR) is 162 cm³/mol. The smallest absolute Gasteiger partial charge is 0.251 e. The van der Waals surface area contributed by atoms with Gasteiger partial charge in [-0.15, -0.1) is 0 Å². The van der Waals surface area contributed by atoms with Crippen LogP contribution >= 0.6 is 0 Å². The Morgan fingerprint density at radius 3 is 2.52 bits per heavy atom. The van der Waals surface area contributed by atoms with Gasteiger partial charge in [0.15, 0.2) is 0 Å². The third kappa shape index (κ3) is 5.60. The molecule has 6 rings (SSSR count). The van der Waals surface area contributed by atoms with Crippen LogP contribution in [0.5, 0.6) is 11.5 Å². The van der Waals surface area contributed by atoms with Crippen molar-refractivity contribution in [2.75, 3.05) is 13.2 Å². The number of hydrogen-bond donors (Lipinski definition) is 3. The van der Waals surface area contributed by atoms with Crippen molar-refractivity contribution in [3.63, 3.8) is 0 Å². The van der Waals surface area contributed by atoms with Crippen LogP contribution in [0.15, 0.2) is 66.9 Å². The number of benzene rings is 2. The van der Waals surface area contributed by atoms with Gasteiger partial charge < -0.3 is 25.6 Å². The van der Waals surface area contributed by atoms with Crippen LogP contribution in [0.1, 0.15) is 54.0 Å². The van der Waals surface area contributed by atoms with E-state index in [2.05, 4.69) is 15.3 Å². The molecule has 2 aromatic carbocycles. The number of halogens is 1. The quantitative estimate of drug-likeness (QED) is 0.257. The van der Waals surface area contributed by atoms with Gasteiger partial charge in [0.25, 0.3) is 5.91 Å². The molecule has 2 aliphatic rings. The Balaban J connectivity index is 1.29. The third-order valence-corrected chi connectivity index (χ3v) is 8.16. The topological polar surface area (TPSA) is 137 Å². The fraction of sp³-hybridized carbons (Fsp3) is 0.294. The van der Waals surface area contributed by atoms with Crippen molar-refractivity contribution in [3.05, 3.63) is 95.2 Å². The predicted octanol–water partition coefficient (Wildman–Crippen LogP) is 4.57. The summed E-state index contributed by atoms with van der Waals surface area (Å²) in [7, 11) is 0. The van der Waals surface area contributed by atoms with E-state index in [-0.39, 0.29) is 24.9 Å². The van der Waals surface area contributed by atoms with Crippen molar-refractivity contribution >= 4 is 11.8 Å². The summed E-state index contributed by atoms with van der Waals surface area (Å²) in [5, 5.41) is 14.4. The van der Waals surface area contributed by atoms with Crippen molar-refractivity contribution in [1.82, 2.24) is 15.3 Å². The minimum atomic E-state index is -1.67. The molecule has 4 aromatic rings. The second-order valence-corrected chi connectivity index (χ2v) is 11.9. The van der Waals surface area contributed by atoms with Crippen molar-refractivity contribution in [1.29, 1.82) is 0 Å². The van der Waals surface area contributed by atoms with E-state index in [1.54, 1.807) is 43.5 Å². The average molecular weight is 597 g/mol. The van der Waals surface area contributed by atoms with Gasteiger partial charge in [0, 0.05) is 39.7 Å². The number of nitrogens with one attached hydrogen (secondary N) is 1. The first kappa shape index (κ1) is 29.3. The Bertz CT molecular complexity index is 1750. The van der Waals surface area contributed by atoms with E-state index >= 15 is 0 Å². The molecule has 0 unspecified atom stereocenters. The highest BCUT2D eigenvalue weighted by atomic mass is 19.1. The van der Waals surface area contributed by atoms with Gasteiger partial charge in [-0.05, 0) is 88.2 Å². The number of nitrogens with zero attached hydrogens (tertiary/aromatic N) is 2. The van der Waals surface area contributed by atoms with Crippen LogP contribution in [0, 0.1) is 12.7 Å². The second kappa shape index (κ2) is 11.0. The first-order valence-electron chi connectivity index (χ1n) is 14.4. The summed E-state index contributed by atoms with van der Waals surface area (Å²) < 4.78 is 25.7. The van der Waals surface area contributed by atoms with Crippen LogP contribution in [0.25, 0.3) is 22.4 Å². The first-order chi connectivity index (χ1) is 20.9. The summed E-state index contributed by atoms with van der Waals surface area (Å²) in [6.45, 7) is 4.89. The maximum absolute atomic E-state index is 13.7. The number of pyridine rings is 2. The normalized spacial score (nSPS) is 18.6. The summed E-state index contributed by atoms with van der Waals surface area (Å²) in [4.78, 5) is 34.9. The molecule has 1 aliphatic carbocycles. The maximum atomic E-state index is 13.7. The lowest BCUT2D eigenvalue weighted by Crippen LogP contribution is -2.41. The van der Waals surface area contributed by atoms with Crippen LogP contribution in [0.2, 0.25) is 0 Å². The zero-order valence-corrected chi connectivity index (χ0v) is 24.7. The lowest BCUT2D eigenvalue weighted by molar-refractivity contribution is -0.123. The Kier molecular flexibility index (Phi) is 7.33. The second-order valence-electron chi connectivity index (χ2n) is 11.9. The molecule has 226 valence electrons. The number of hydrogen-bond acceptors (Lipinski definition) is 7. The van der Waals surface area contributed by atoms with Gasteiger partial charge in [-0.25, -0.2) is 9.37 Å². The standard InChI is InChI=1S/C34H33FN4O5/c1-19-4-5-22(16-37-19)25-13-8-21(14-27(25)44-24-11-12-24)31(40)38-17-34(3,42)28-15-26-30(43-18-33(26,2)32(36)41)29(39-28)20-6-9-23(35)10-7-20/h4-10,13-16,24,42H,11-12,17-18H2,1-3H3,(H2,36,41)(H,38,40)/t33-,34-/m0/s1. The van der Waals surface area contributed by atoms with Gasteiger partial charge in [0.05, 0.1) is 18.3 Å². The van der Waals surface area contributed by atoms with Gasteiger partial charge >= 0.3 is 0 Å². The molecule has 0 saturated heterocycles. The monoisotopic (exact) mass is 596 g/mol. The number of fused-ring (bicyclic) bond motifs is 1. The molecule has 2 amide bonds. The Hall–Kier alpha value is -4.83. The van der Waals surface area contributed by atoms with E-state index in [1.807, 2.05) is 25.1 Å². The van der Waals surface area contributed by atoms with E-state index in [0.29, 0.717) is 33.9 Å². The summed E-state index contributed by atoms with van der Waals surface area (Å²) in [6.07, 6.45) is 3.80. The van der Waals surface area contributed by atoms with Gasteiger partial charge in [0.1, 0.15) is 40.6 Å². The zero-order chi connectivity index (χ0) is 31.2. The lowest BCUT2D eigenvalue weighted by Gasteiger charge is -2.26. The molecule has 9 nitrogen and oxygen atoms in total. The number of ether oxygens (including phenoxy) is 2. The Morgan fingerprint density at radius 1 is 1.14 bits per heavy atom. The van der Waals surface area contributed by atoms with Crippen molar-refractivity contribution < 1.29 is 28.6 Å². The molecule has 2 atom stereocenters. The van der Waals surface area contributed by atoms with E-state index in [9.17, 15) is 19.1 Å². The third-order valence-electron chi connectivity index (χ3n) is 8.16. The minimum Gasteiger partial charge on any atom is -0.490 e. The molecule has 0 spiro atoms. The summed E-state index contributed by atoms with van der Waals surface area (Å²) in [5.74, 6) is -0.500. The molecule has 1 aliphatic heterocycles. The highest BCUT2D eigenvalue weighted by Crippen LogP contribution is 2.45. The molecule has 0 radical (unpaired) electrons. The number of amides is 2. The lowest BCUT2D eigenvalue weighted by atomic mass is 9.82. The minimum absolute atomic E-state index is 0.00419. The summed E-state index contributed by atoms with van der Waals surface area (Å²) in [5.41, 5.74) is 7.41. The first-order valence-corrected chi connectivity index (χ1v) is 14.4. The van der Waals surface area contributed by atoms with E-state index < -0.39 is 28.6 Å². The van der Waals surface area contributed by atoms with Crippen LogP contribution in [0.4, 0.5) is 4.39 Å². The maximum Gasteiger partial charge on any atom is 0.251 e. The molecule has 44 heavy (non-hydrogen) atoms. The van der Waals surface area contributed by atoms with E-state index in [0.717, 1.165) is 29.7 Å². The van der Waals surface area contributed by atoms with Crippen LogP contribution in [-0.2, 0) is 15.8 Å². The largest absolute Gasteiger partial charge is 0.490 e. The van der Waals surface area contributed by atoms with Crippen LogP contribution in [-0.4, -0.2) is 46.1 Å². The van der Waals surface area contributed by atoms with Crippen LogP contribution < -0.4 is 20.5 Å². The van der Waals surface area contributed by atoms with Crippen molar-refractivity contribution in [2.24, 2.45) is 5.73 Å². The molecule has 1 fully saturated rings. The SMILES string of the molecule is Cc1ccc(-c2ccc(C(=O)NC[C@](C)(O)c3cc4c(c(-c5ccc(F)cc5)n3)OC[C@]4(C)C(N)=O)cc2OC2CC2)cn1. The van der Waals surface area contributed by atoms with Crippen LogP contribution in [0.3, 0.4) is 0 Å². The number of carbonyl (C=O) groups is 2. The highest BCUT2D eigenvalue weighted by molar-refractivity contribution is 5.95. The molecule has 1 saturated carbocycles. The van der Waals surface area contributed by atoms with Gasteiger partial charge in [-0.1, -0.05) is 6.07 Å². The van der Waals surface area contributed by atoms with Gasteiger partial charge in [0.2, 0.25) is 5.91 Å². The van der Waals surface area contributed by atoms with Gasteiger partial charge in [-0.2, -0.15) is 0 Å². The molecular formula is C34H33FN4O5. The summed E-state index contributed by atoms with van der Waals surface area (Å²) in [6, 6.07) is 16.4. The fourth-order valence-corrected chi connectivity index (χ4v) is 5.10. The van der Waals surface area contributed by atoms with Crippen molar-refractivity contribution in [2.45, 2.75) is 50.7 Å². The molecule has 3 heterocycles. The average Bonchev–Trinajstić information content (AvgIpc) is 3.76. The van der Waals surface area contributed by atoms with Gasteiger partial charge in [-0.3, -0.25) is 14.6 Å². The Morgan fingerprint density at radius 2 is 1.86 bits per heavy atom. The molecule has 10 heteroatoms. The molecule has 4 N–H and O–H groups in total. The highest BCUT2D eigenvalue weighted by Gasteiger charge is 2.45. The number of primary amides is 1. The molecule has 0 bridgehead atoms. The zero-order valence-electron chi connectivity index (χ0n) is 24.7. The fourth-order valence-electron chi connectivity index (χ4n) is 5.10. The molecule has 2 aromatic heterocycles.